The van der Waals surface area contributed by atoms with Gasteiger partial charge in [-0.15, -0.1) is 11.8 Å². The molecule has 1 aromatic carbocycles. The number of amides is 1. The van der Waals surface area contributed by atoms with Gasteiger partial charge in [-0.1, -0.05) is 23.2 Å². The molecule has 0 saturated heterocycles. The molecule has 2 N–H and O–H groups in total. The van der Waals surface area contributed by atoms with E-state index in [2.05, 4.69) is 5.32 Å². The number of hydrogen-bond acceptors (Lipinski definition) is 3. The largest absolute Gasteiger partial charge is 0.396 e. The van der Waals surface area contributed by atoms with Crippen LogP contribution in [0.5, 0.6) is 0 Å². The van der Waals surface area contributed by atoms with Crippen molar-refractivity contribution in [2.45, 2.75) is 23.5 Å². The van der Waals surface area contributed by atoms with E-state index in [9.17, 15) is 4.79 Å². The van der Waals surface area contributed by atoms with Crippen LogP contribution in [0.2, 0.25) is 10.0 Å². The number of carbonyl (C=O) groups is 1. The summed E-state index contributed by atoms with van der Waals surface area (Å²) in [6, 6.07) is 5.16. The maximum Gasteiger partial charge on any atom is 0.233 e. The van der Waals surface area contributed by atoms with Crippen LogP contribution < -0.4 is 5.32 Å². The van der Waals surface area contributed by atoms with Gasteiger partial charge in [-0.3, -0.25) is 4.79 Å². The summed E-state index contributed by atoms with van der Waals surface area (Å²) in [5.74, 6) is -0.0792. The number of carbonyl (C=O) groups excluding carboxylic acids is 1. The van der Waals surface area contributed by atoms with E-state index in [1.165, 1.54) is 11.8 Å². The molecule has 0 heterocycles. The summed E-state index contributed by atoms with van der Waals surface area (Å²) >= 11 is 13.3. The normalized spacial score (nSPS) is 12.2. The van der Waals surface area contributed by atoms with Gasteiger partial charge < -0.3 is 10.4 Å². The molecule has 1 atom stereocenters. The molecule has 100 valence electrons. The lowest BCUT2D eigenvalue weighted by atomic mass is 10.4. The molecule has 0 aliphatic heterocycles. The maximum atomic E-state index is 11.7. The topological polar surface area (TPSA) is 49.3 Å². The highest BCUT2D eigenvalue weighted by atomic mass is 35.5. The first-order valence-corrected chi connectivity index (χ1v) is 7.18. The van der Waals surface area contributed by atoms with Gasteiger partial charge in [0.15, 0.2) is 0 Å². The predicted molar refractivity (Wildman–Crippen MR) is 76.5 cm³/mol. The molecule has 0 spiro atoms. The lowest BCUT2D eigenvalue weighted by molar-refractivity contribution is -0.120. The van der Waals surface area contributed by atoms with Crippen LogP contribution in [0.15, 0.2) is 23.1 Å². The Balaban J connectivity index is 2.55. The van der Waals surface area contributed by atoms with Crippen molar-refractivity contribution in [2.75, 3.05) is 13.2 Å². The number of benzene rings is 1. The molecule has 6 heteroatoms. The van der Waals surface area contributed by atoms with Gasteiger partial charge in [0.05, 0.1) is 10.3 Å². The summed E-state index contributed by atoms with van der Waals surface area (Å²) < 4.78 is 0. The second-order valence-electron chi connectivity index (χ2n) is 3.70. The highest BCUT2D eigenvalue weighted by Gasteiger charge is 2.15. The highest BCUT2D eigenvalue weighted by molar-refractivity contribution is 8.00. The third-order valence-electron chi connectivity index (χ3n) is 2.20. The minimum Gasteiger partial charge on any atom is -0.396 e. The number of aliphatic hydroxyl groups is 1. The van der Waals surface area contributed by atoms with Gasteiger partial charge in [0.1, 0.15) is 0 Å². The number of aliphatic hydroxyl groups excluding tert-OH is 1. The van der Waals surface area contributed by atoms with Crippen LogP contribution in [0.1, 0.15) is 13.3 Å². The van der Waals surface area contributed by atoms with Gasteiger partial charge in [0.2, 0.25) is 5.91 Å². The Labute approximate surface area is 121 Å². The van der Waals surface area contributed by atoms with E-state index in [0.29, 0.717) is 23.0 Å². The molecule has 0 aliphatic rings. The van der Waals surface area contributed by atoms with Gasteiger partial charge in [0, 0.05) is 23.1 Å². The van der Waals surface area contributed by atoms with Crippen molar-refractivity contribution in [1.82, 2.24) is 5.32 Å². The van der Waals surface area contributed by atoms with Crippen molar-refractivity contribution in [3.8, 4) is 0 Å². The van der Waals surface area contributed by atoms with Gasteiger partial charge in [-0.25, -0.2) is 0 Å². The Kier molecular flexibility index (Phi) is 6.86. The Morgan fingerprint density at radius 1 is 1.50 bits per heavy atom. The van der Waals surface area contributed by atoms with Crippen molar-refractivity contribution >= 4 is 40.9 Å². The molecule has 0 saturated carbocycles. The number of nitrogens with one attached hydrogen (secondary N) is 1. The minimum absolute atomic E-state index is 0.0714. The smallest absolute Gasteiger partial charge is 0.233 e. The zero-order valence-corrected chi connectivity index (χ0v) is 12.3. The van der Waals surface area contributed by atoms with Crippen molar-refractivity contribution in [1.29, 1.82) is 0 Å². The van der Waals surface area contributed by atoms with Gasteiger partial charge >= 0.3 is 0 Å². The van der Waals surface area contributed by atoms with E-state index >= 15 is 0 Å². The first-order valence-electron chi connectivity index (χ1n) is 5.55. The minimum atomic E-state index is -0.264. The highest BCUT2D eigenvalue weighted by Crippen LogP contribution is 2.32. The molecule has 1 rings (SSSR count). The Bertz CT molecular complexity index is 415. The molecule has 1 aromatic rings. The van der Waals surface area contributed by atoms with E-state index in [1.54, 1.807) is 25.1 Å². The molecule has 0 fully saturated rings. The standard InChI is InChI=1S/C12H15Cl2NO2S/c1-8(12(17)15-5-2-6-16)18-11-7-9(13)3-4-10(11)14/h3-4,7-8,16H,2,5-6H2,1H3,(H,15,17). The maximum absolute atomic E-state index is 11.7. The van der Waals surface area contributed by atoms with Gasteiger partial charge in [-0.2, -0.15) is 0 Å². The van der Waals surface area contributed by atoms with E-state index in [-0.39, 0.29) is 17.8 Å². The lowest BCUT2D eigenvalue weighted by Crippen LogP contribution is -2.31. The lowest BCUT2D eigenvalue weighted by Gasteiger charge is -2.12. The first-order chi connectivity index (χ1) is 8.54. The summed E-state index contributed by atoms with van der Waals surface area (Å²) in [6.07, 6.45) is 0.557. The van der Waals surface area contributed by atoms with Crippen LogP contribution in [-0.2, 0) is 4.79 Å². The molecule has 0 bridgehead atoms. The van der Waals surface area contributed by atoms with Crippen molar-refractivity contribution < 1.29 is 9.90 Å². The summed E-state index contributed by atoms with van der Waals surface area (Å²) in [5, 5.41) is 12.3. The van der Waals surface area contributed by atoms with Crippen molar-refractivity contribution in [2.24, 2.45) is 0 Å². The number of thioether (sulfide) groups is 1. The zero-order chi connectivity index (χ0) is 13.5. The fourth-order valence-electron chi connectivity index (χ4n) is 1.25. The van der Waals surface area contributed by atoms with Crippen LogP contribution in [0.4, 0.5) is 0 Å². The summed E-state index contributed by atoms with van der Waals surface area (Å²) in [5.41, 5.74) is 0. The number of rotatable bonds is 6. The molecular formula is C12H15Cl2NO2S. The average molecular weight is 308 g/mol. The molecule has 3 nitrogen and oxygen atoms in total. The molecule has 0 aromatic heterocycles. The van der Waals surface area contributed by atoms with E-state index < -0.39 is 0 Å². The average Bonchev–Trinajstić information content (AvgIpc) is 2.34. The Morgan fingerprint density at radius 2 is 2.22 bits per heavy atom. The third-order valence-corrected chi connectivity index (χ3v) is 4.04. The van der Waals surface area contributed by atoms with Crippen LogP contribution >= 0.6 is 35.0 Å². The first kappa shape index (κ1) is 15.6. The van der Waals surface area contributed by atoms with E-state index in [0.717, 1.165) is 4.90 Å². The van der Waals surface area contributed by atoms with Crippen LogP contribution in [0, 0.1) is 0 Å². The second kappa shape index (κ2) is 7.89. The molecule has 0 aliphatic carbocycles. The Morgan fingerprint density at radius 3 is 2.89 bits per heavy atom. The van der Waals surface area contributed by atoms with Gasteiger partial charge in [0.25, 0.3) is 0 Å². The van der Waals surface area contributed by atoms with Crippen LogP contribution in [0.25, 0.3) is 0 Å². The summed E-state index contributed by atoms with van der Waals surface area (Å²) in [4.78, 5) is 12.5. The molecule has 18 heavy (non-hydrogen) atoms. The molecule has 1 amide bonds. The molecule has 0 radical (unpaired) electrons. The predicted octanol–water partition coefficient (Wildman–Crippen LogP) is 2.97. The van der Waals surface area contributed by atoms with Crippen molar-refractivity contribution in [3.63, 3.8) is 0 Å². The Hall–Kier alpha value is -0.420. The molecule has 1 unspecified atom stereocenters. The number of halogens is 2. The van der Waals surface area contributed by atoms with Crippen LogP contribution in [0.3, 0.4) is 0 Å². The van der Waals surface area contributed by atoms with E-state index in [4.69, 9.17) is 28.3 Å². The zero-order valence-electron chi connectivity index (χ0n) is 9.95. The van der Waals surface area contributed by atoms with Crippen molar-refractivity contribution in [3.05, 3.63) is 28.2 Å². The number of hydrogen-bond donors (Lipinski definition) is 2. The third kappa shape index (κ3) is 5.06. The molecular weight excluding hydrogens is 293 g/mol. The second-order valence-corrected chi connectivity index (χ2v) is 5.93. The monoisotopic (exact) mass is 307 g/mol. The fourth-order valence-corrected chi connectivity index (χ4v) is 2.68. The SMILES string of the molecule is CC(Sc1cc(Cl)ccc1Cl)C(=O)NCCCO. The quantitative estimate of drug-likeness (QED) is 0.627. The van der Waals surface area contributed by atoms with E-state index in [1.807, 2.05) is 0 Å². The summed E-state index contributed by atoms with van der Waals surface area (Å²) in [7, 11) is 0. The summed E-state index contributed by atoms with van der Waals surface area (Å²) in [6.45, 7) is 2.35. The fraction of sp³-hybridized carbons (Fsp3) is 0.417. The van der Waals surface area contributed by atoms with Crippen LogP contribution in [-0.4, -0.2) is 29.4 Å². The van der Waals surface area contributed by atoms with Gasteiger partial charge in [-0.05, 0) is 31.5 Å².